The predicted molar refractivity (Wildman–Crippen MR) is 120 cm³/mol. The number of hydrogen-bond donors (Lipinski definition) is 0. The fourth-order valence-corrected chi connectivity index (χ4v) is 5.05. The van der Waals surface area contributed by atoms with Crippen molar-refractivity contribution >= 4 is 37.8 Å². The summed E-state index contributed by atoms with van der Waals surface area (Å²) in [6.07, 6.45) is -3.26. The van der Waals surface area contributed by atoms with Crippen molar-refractivity contribution in [1.29, 1.82) is 0 Å². The van der Waals surface area contributed by atoms with E-state index in [0.717, 1.165) is 28.6 Å². The second-order valence-corrected chi connectivity index (χ2v) is 9.74. The van der Waals surface area contributed by atoms with Crippen LogP contribution < -0.4 is 9.80 Å². The third-order valence-corrected chi connectivity index (χ3v) is 7.06. The maximum Gasteiger partial charge on any atom is 0.573 e. The Labute approximate surface area is 200 Å². The number of aromatic nitrogens is 1. The lowest BCUT2D eigenvalue weighted by molar-refractivity contribution is -0.274. The topological polar surface area (TPSA) is 101 Å². The molecule has 3 aromatic carbocycles. The van der Waals surface area contributed by atoms with Gasteiger partial charge in [-0.15, -0.1) is 13.2 Å². The van der Waals surface area contributed by atoms with Gasteiger partial charge in [0.1, 0.15) is 17.1 Å². The highest BCUT2D eigenvalue weighted by atomic mass is 32.2. The summed E-state index contributed by atoms with van der Waals surface area (Å²) < 4.78 is 95.8. The van der Waals surface area contributed by atoms with Gasteiger partial charge >= 0.3 is 6.36 Å². The molecule has 13 heteroatoms. The second kappa shape index (κ2) is 9.34. The summed E-state index contributed by atoms with van der Waals surface area (Å²) in [6.45, 7) is 0. The van der Waals surface area contributed by atoms with Crippen LogP contribution >= 0.6 is 0 Å². The van der Waals surface area contributed by atoms with Crippen molar-refractivity contribution in [2.75, 3.05) is 12.1 Å². The van der Waals surface area contributed by atoms with E-state index in [9.17, 15) is 30.4 Å². The molecule has 1 unspecified atom stereocenters. The summed E-state index contributed by atoms with van der Waals surface area (Å²) in [5.74, 6) is -0.649. The molecule has 0 bridgehead atoms. The fourth-order valence-electron chi connectivity index (χ4n) is 3.45. The van der Waals surface area contributed by atoms with Gasteiger partial charge in [0.05, 0.1) is 21.0 Å². The van der Waals surface area contributed by atoms with Gasteiger partial charge < -0.3 is 13.9 Å². The van der Waals surface area contributed by atoms with E-state index in [1.807, 2.05) is 0 Å². The molecule has 4 rings (SSSR count). The van der Waals surface area contributed by atoms with E-state index in [-0.39, 0.29) is 9.79 Å². The Hall–Kier alpha value is -3.39. The zero-order valence-electron chi connectivity index (χ0n) is 17.8. The molecule has 1 aromatic heterocycles. The highest BCUT2D eigenvalue weighted by molar-refractivity contribution is 7.91. The van der Waals surface area contributed by atoms with Crippen LogP contribution in [0, 0.1) is 0 Å². The Balaban J connectivity index is 1.73. The molecule has 1 atom stereocenters. The number of benzene rings is 3. The summed E-state index contributed by atoms with van der Waals surface area (Å²) in [5, 5.41) is 1.84. The zero-order chi connectivity index (χ0) is 25.4. The number of anilines is 1. The van der Waals surface area contributed by atoms with E-state index in [1.165, 1.54) is 31.3 Å². The van der Waals surface area contributed by atoms with Gasteiger partial charge in [-0.3, -0.25) is 0 Å². The van der Waals surface area contributed by atoms with Gasteiger partial charge in [-0.05, 0) is 54.6 Å². The van der Waals surface area contributed by atoms with Crippen LogP contribution in [0.4, 0.5) is 18.9 Å². The number of hydrogen-bond acceptors (Lipinski definition) is 7. The Kier molecular flexibility index (Phi) is 6.60. The molecule has 1 heterocycles. The van der Waals surface area contributed by atoms with Crippen molar-refractivity contribution < 1.29 is 39.4 Å². The van der Waals surface area contributed by atoms with Gasteiger partial charge in [0, 0.05) is 24.3 Å². The SMILES string of the molecule is CN(OS(=O)[O-])c1ccc2ccn(-c3cccc(S(=O)(=O)c4cccc(OC(F)(F)F)c4)c3)c2c1. The molecule has 0 aliphatic heterocycles. The van der Waals surface area contributed by atoms with Crippen LogP contribution in [0.15, 0.2) is 88.8 Å². The van der Waals surface area contributed by atoms with Gasteiger partial charge in [0.25, 0.3) is 0 Å². The highest BCUT2D eigenvalue weighted by Gasteiger charge is 2.31. The molecule has 0 spiro atoms. The molecular weight excluding hydrogens is 509 g/mol. The maximum absolute atomic E-state index is 13.2. The third kappa shape index (κ3) is 5.48. The number of hydroxylamine groups is 1. The van der Waals surface area contributed by atoms with E-state index in [2.05, 4.69) is 9.02 Å². The molecule has 184 valence electrons. The lowest BCUT2D eigenvalue weighted by atomic mass is 10.2. The lowest BCUT2D eigenvalue weighted by Crippen LogP contribution is -2.18. The van der Waals surface area contributed by atoms with E-state index in [1.54, 1.807) is 41.1 Å². The van der Waals surface area contributed by atoms with Crippen LogP contribution in [0.5, 0.6) is 5.75 Å². The number of halogens is 3. The van der Waals surface area contributed by atoms with Crippen molar-refractivity contribution in [3.8, 4) is 11.4 Å². The van der Waals surface area contributed by atoms with E-state index in [4.69, 9.17) is 0 Å². The van der Waals surface area contributed by atoms with Crippen LogP contribution in [0.2, 0.25) is 0 Å². The number of ether oxygens (including phenoxy) is 1. The number of rotatable bonds is 7. The number of alkyl halides is 3. The Bertz CT molecular complexity index is 1520. The van der Waals surface area contributed by atoms with Crippen molar-refractivity contribution in [1.82, 2.24) is 4.57 Å². The number of sulfone groups is 1. The summed E-state index contributed by atoms with van der Waals surface area (Å²) in [4.78, 5) is -0.500. The van der Waals surface area contributed by atoms with Gasteiger partial charge in [0.2, 0.25) is 9.84 Å². The monoisotopic (exact) mass is 525 g/mol. The Morgan fingerprint density at radius 2 is 1.66 bits per heavy atom. The zero-order valence-corrected chi connectivity index (χ0v) is 19.4. The standard InChI is InChI=1S/C22H17F3N2O6S2/c1-26(33-34(28)29)16-9-8-15-10-11-27(21(15)13-16)17-4-2-6-19(12-17)35(30,31)20-7-3-5-18(14-20)32-22(23,24)25/h2-14H,1H3,(H,28,29)/p-1. The quantitative estimate of drug-likeness (QED) is 0.258. The minimum atomic E-state index is -4.96. The smallest absolute Gasteiger partial charge is 0.573 e. The number of nitrogens with zero attached hydrogens (tertiary/aromatic N) is 2. The molecular formula is C22H16F3N2O6S2-. The molecule has 0 N–H and O–H groups in total. The van der Waals surface area contributed by atoms with E-state index < -0.39 is 33.3 Å². The second-order valence-electron chi connectivity index (χ2n) is 7.23. The van der Waals surface area contributed by atoms with Gasteiger partial charge in [-0.2, -0.15) is 4.28 Å². The first-order valence-electron chi connectivity index (χ1n) is 9.78. The highest BCUT2D eigenvalue weighted by Crippen LogP contribution is 2.30. The van der Waals surface area contributed by atoms with Crippen molar-refractivity contribution in [2.45, 2.75) is 16.2 Å². The summed E-state index contributed by atoms with van der Waals surface area (Å²) in [5.41, 5.74) is 1.51. The van der Waals surface area contributed by atoms with Crippen LogP contribution in [0.1, 0.15) is 0 Å². The van der Waals surface area contributed by atoms with Crippen LogP contribution in [0.25, 0.3) is 16.6 Å². The number of fused-ring (bicyclic) bond motifs is 1. The fraction of sp³-hybridized carbons (Fsp3) is 0.0909. The average Bonchev–Trinajstić information content (AvgIpc) is 3.21. The van der Waals surface area contributed by atoms with Crippen molar-refractivity contribution in [3.63, 3.8) is 0 Å². The minimum Gasteiger partial charge on any atom is -0.748 e. The molecule has 0 aliphatic rings. The molecule has 0 radical (unpaired) electrons. The molecule has 35 heavy (non-hydrogen) atoms. The first-order chi connectivity index (χ1) is 16.4. The molecule has 0 fully saturated rings. The average molecular weight is 526 g/mol. The van der Waals surface area contributed by atoms with Crippen LogP contribution in [-0.2, 0) is 25.5 Å². The van der Waals surface area contributed by atoms with Crippen molar-refractivity contribution in [3.05, 3.63) is 79.0 Å². The summed E-state index contributed by atoms with van der Waals surface area (Å²) in [6, 6.07) is 16.8. The van der Waals surface area contributed by atoms with E-state index in [0.29, 0.717) is 16.9 Å². The summed E-state index contributed by atoms with van der Waals surface area (Å²) in [7, 11) is -2.77. The Morgan fingerprint density at radius 1 is 0.971 bits per heavy atom. The largest absolute Gasteiger partial charge is 0.748 e. The van der Waals surface area contributed by atoms with Crippen LogP contribution in [-0.4, -0.2) is 35.2 Å². The van der Waals surface area contributed by atoms with Gasteiger partial charge in [0.15, 0.2) is 0 Å². The van der Waals surface area contributed by atoms with Gasteiger partial charge in [-0.1, -0.05) is 18.2 Å². The molecule has 0 amide bonds. The molecule has 0 saturated heterocycles. The minimum absolute atomic E-state index is 0.139. The molecule has 0 saturated carbocycles. The van der Waals surface area contributed by atoms with Crippen LogP contribution in [0.3, 0.4) is 0 Å². The first kappa shape index (κ1) is 24.7. The van der Waals surface area contributed by atoms with Crippen molar-refractivity contribution in [2.24, 2.45) is 0 Å². The van der Waals surface area contributed by atoms with E-state index >= 15 is 0 Å². The predicted octanol–water partition coefficient (Wildman–Crippen LogP) is 4.52. The third-order valence-electron chi connectivity index (χ3n) is 4.97. The maximum atomic E-state index is 13.2. The first-order valence-corrected chi connectivity index (χ1v) is 12.3. The summed E-state index contributed by atoms with van der Waals surface area (Å²) >= 11 is -2.77. The lowest BCUT2D eigenvalue weighted by Gasteiger charge is -2.19. The normalized spacial score (nSPS) is 13.1. The molecule has 8 nitrogen and oxygen atoms in total. The Morgan fingerprint density at radius 3 is 2.34 bits per heavy atom. The van der Waals surface area contributed by atoms with Gasteiger partial charge in [-0.25, -0.2) is 17.7 Å². The molecule has 4 aromatic rings. The molecule has 0 aliphatic carbocycles.